The molecule has 7 nitrogen and oxygen atoms in total. The molecule has 1 saturated carbocycles. The van der Waals surface area contributed by atoms with Gasteiger partial charge in [-0.3, -0.25) is 4.79 Å². The van der Waals surface area contributed by atoms with E-state index in [1.54, 1.807) is 0 Å². The van der Waals surface area contributed by atoms with Crippen LogP contribution in [0.2, 0.25) is 0 Å². The predicted molar refractivity (Wildman–Crippen MR) is 108 cm³/mol. The fourth-order valence-electron chi connectivity index (χ4n) is 4.22. The molecule has 2 aliphatic rings. The molecule has 146 valence electrons. The van der Waals surface area contributed by atoms with Crippen LogP contribution in [0.1, 0.15) is 49.1 Å². The molecular weight excluding hydrogens is 426 g/mol. The monoisotopic (exact) mass is 445 g/mol. The van der Waals surface area contributed by atoms with Gasteiger partial charge in [0.25, 0.3) is 5.56 Å². The van der Waals surface area contributed by atoms with E-state index in [0.29, 0.717) is 42.9 Å². The molecule has 1 amide bonds. The molecule has 1 saturated heterocycles. The van der Waals surface area contributed by atoms with Crippen LogP contribution in [0.25, 0.3) is 22.0 Å². The second-order valence-corrected chi connectivity index (χ2v) is 8.60. The van der Waals surface area contributed by atoms with Crippen LogP contribution in [0, 0.1) is 6.92 Å². The highest BCUT2D eigenvalue weighted by atomic mass is 79.9. The Hall–Kier alpha value is -2.35. The number of amides is 1. The Balaban J connectivity index is 1.67. The Morgan fingerprint density at radius 3 is 2.61 bits per heavy atom. The van der Waals surface area contributed by atoms with Crippen molar-refractivity contribution in [2.45, 2.75) is 44.6 Å². The summed E-state index contributed by atoms with van der Waals surface area (Å²) in [6, 6.07) is 4.19. The number of aryl methyl sites for hydroxylation is 1. The standard InChI is InChI=1S/C20H20BrN3O4/c1-10-14(21)5-4-13-16(10)24(12-2-3-12)19(25)15-17(13)28-18(22-15)11-6-8-23(9-7-11)20(26)27/h4-5,11-12H,2-3,6-9H2,1H3,(H,26,27). The van der Waals surface area contributed by atoms with E-state index in [-0.39, 0.29) is 17.5 Å². The van der Waals surface area contributed by atoms with Gasteiger partial charge in [0.05, 0.1) is 5.52 Å². The van der Waals surface area contributed by atoms with Crippen molar-refractivity contribution in [2.24, 2.45) is 0 Å². The lowest BCUT2D eigenvalue weighted by Gasteiger charge is -2.28. The van der Waals surface area contributed by atoms with E-state index in [0.717, 1.165) is 33.8 Å². The number of carbonyl (C=O) groups is 1. The number of hydrogen-bond acceptors (Lipinski definition) is 4. The molecule has 1 aliphatic heterocycles. The summed E-state index contributed by atoms with van der Waals surface area (Å²) in [4.78, 5) is 30.4. The fraction of sp³-hybridized carbons (Fsp3) is 0.450. The molecule has 1 N–H and O–H groups in total. The van der Waals surface area contributed by atoms with E-state index < -0.39 is 6.09 Å². The summed E-state index contributed by atoms with van der Waals surface area (Å²) in [5.41, 5.74) is 2.78. The van der Waals surface area contributed by atoms with Crippen molar-refractivity contribution in [3.8, 4) is 0 Å². The quantitative estimate of drug-likeness (QED) is 0.630. The number of carboxylic acid groups (broad SMARTS) is 1. The average Bonchev–Trinajstić information content (AvgIpc) is 3.42. The first-order valence-electron chi connectivity index (χ1n) is 9.57. The number of aromatic nitrogens is 2. The number of likely N-dealkylation sites (tertiary alicyclic amines) is 1. The highest BCUT2D eigenvalue weighted by Crippen LogP contribution is 2.40. The summed E-state index contributed by atoms with van der Waals surface area (Å²) in [6.45, 7) is 2.92. The minimum absolute atomic E-state index is 0.0309. The van der Waals surface area contributed by atoms with E-state index in [4.69, 9.17) is 9.52 Å². The first-order valence-corrected chi connectivity index (χ1v) is 10.4. The van der Waals surface area contributed by atoms with E-state index in [1.807, 2.05) is 23.6 Å². The van der Waals surface area contributed by atoms with Gasteiger partial charge in [0.15, 0.2) is 17.0 Å². The smallest absolute Gasteiger partial charge is 0.407 e. The minimum Gasteiger partial charge on any atom is -0.465 e. The molecule has 3 aromatic rings. The number of benzene rings is 1. The summed E-state index contributed by atoms with van der Waals surface area (Å²) in [7, 11) is 0. The molecule has 0 radical (unpaired) electrons. The lowest BCUT2D eigenvalue weighted by molar-refractivity contribution is 0.129. The average molecular weight is 446 g/mol. The minimum atomic E-state index is -0.893. The maximum Gasteiger partial charge on any atom is 0.407 e. The molecule has 0 spiro atoms. The molecule has 1 aromatic carbocycles. The first kappa shape index (κ1) is 17.7. The van der Waals surface area contributed by atoms with Gasteiger partial charge in [-0.15, -0.1) is 0 Å². The van der Waals surface area contributed by atoms with Crippen molar-refractivity contribution in [1.82, 2.24) is 14.5 Å². The second kappa shape index (κ2) is 6.34. The van der Waals surface area contributed by atoms with Crippen LogP contribution in [0.5, 0.6) is 0 Å². The van der Waals surface area contributed by atoms with Crippen molar-refractivity contribution in [1.29, 1.82) is 0 Å². The first-order chi connectivity index (χ1) is 13.5. The third-order valence-electron chi connectivity index (χ3n) is 5.94. The number of halogens is 1. The molecule has 8 heteroatoms. The molecule has 0 atom stereocenters. The zero-order valence-electron chi connectivity index (χ0n) is 15.4. The van der Waals surface area contributed by atoms with Gasteiger partial charge in [0.1, 0.15) is 0 Å². The Bertz CT molecular complexity index is 1170. The molecule has 5 rings (SSSR count). The normalized spacial score (nSPS) is 18.3. The number of oxazole rings is 1. The van der Waals surface area contributed by atoms with Gasteiger partial charge in [-0.2, -0.15) is 0 Å². The maximum absolute atomic E-state index is 13.3. The zero-order chi connectivity index (χ0) is 19.6. The van der Waals surface area contributed by atoms with Crippen LogP contribution >= 0.6 is 15.9 Å². The van der Waals surface area contributed by atoms with Crippen molar-refractivity contribution in [3.05, 3.63) is 38.4 Å². The molecule has 2 aromatic heterocycles. The summed E-state index contributed by atoms with van der Waals surface area (Å²) < 4.78 is 8.99. The van der Waals surface area contributed by atoms with Crippen LogP contribution in [-0.2, 0) is 0 Å². The number of nitrogens with zero attached hydrogens (tertiary/aromatic N) is 3. The van der Waals surface area contributed by atoms with Crippen LogP contribution in [-0.4, -0.2) is 38.7 Å². The van der Waals surface area contributed by atoms with Gasteiger partial charge in [-0.25, -0.2) is 9.78 Å². The summed E-state index contributed by atoms with van der Waals surface area (Å²) >= 11 is 3.58. The molecular formula is C20H20BrN3O4. The zero-order valence-corrected chi connectivity index (χ0v) is 17.0. The number of pyridine rings is 1. The van der Waals surface area contributed by atoms with Crippen LogP contribution in [0.15, 0.2) is 25.8 Å². The van der Waals surface area contributed by atoms with Gasteiger partial charge >= 0.3 is 6.09 Å². The SMILES string of the molecule is Cc1c(Br)ccc2c3oc(C4CCN(C(=O)O)CC4)nc3c(=O)n(C3CC3)c12. The van der Waals surface area contributed by atoms with E-state index >= 15 is 0 Å². The highest BCUT2D eigenvalue weighted by Gasteiger charge is 2.32. The van der Waals surface area contributed by atoms with E-state index in [2.05, 4.69) is 20.9 Å². The summed E-state index contributed by atoms with van der Waals surface area (Å²) in [6.07, 6.45) is 2.42. The fourth-order valence-corrected chi connectivity index (χ4v) is 4.54. The van der Waals surface area contributed by atoms with Crippen molar-refractivity contribution < 1.29 is 14.3 Å². The molecule has 1 aliphatic carbocycles. The van der Waals surface area contributed by atoms with Gasteiger partial charge in [-0.1, -0.05) is 15.9 Å². The molecule has 0 bridgehead atoms. The molecule has 0 unspecified atom stereocenters. The van der Waals surface area contributed by atoms with Crippen molar-refractivity contribution in [3.63, 3.8) is 0 Å². The Kier molecular flexibility index (Phi) is 4.01. The number of piperidine rings is 1. The highest BCUT2D eigenvalue weighted by molar-refractivity contribution is 9.10. The number of fused-ring (bicyclic) bond motifs is 3. The van der Waals surface area contributed by atoms with Crippen LogP contribution < -0.4 is 5.56 Å². The largest absolute Gasteiger partial charge is 0.465 e. The summed E-state index contributed by atoms with van der Waals surface area (Å²) in [5.74, 6) is 0.580. The second-order valence-electron chi connectivity index (χ2n) is 7.75. The van der Waals surface area contributed by atoms with Crippen molar-refractivity contribution in [2.75, 3.05) is 13.1 Å². The van der Waals surface area contributed by atoms with E-state index in [9.17, 15) is 9.59 Å². The molecule has 3 heterocycles. The van der Waals surface area contributed by atoms with Crippen LogP contribution in [0.4, 0.5) is 4.79 Å². The van der Waals surface area contributed by atoms with Crippen molar-refractivity contribution >= 4 is 44.0 Å². The topological polar surface area (TPSA) is 88.6 Å². The maximum atomic E-state index is 13.3. The predicted octanol–water partition coefficient (Wildman–Crippen LogP) is 4.41. The summed E-state index contributed by atoms with van der Waals surface area (Å²) in [5, 5.41) is 10.0. The Labute approximate surface area is 169 Å². The Morgan fingerprint density at radius 1 is 1.25 bits per heavy atom. The number of rotatable bonds is 2. The Morgan fingerprint density at radius 2 is 1.96 bits per heavy atom. The van der Waals surface area contributed by atoms with Crippen LogP contribution in [0.3, 0.4) is 0 Å². The van der Waals surface area contributed by atoms with Gasteiger partial charge in [0, 0.05) is 34.9 Å². The third-order valence-corrected chi connectivity index (χ3v) is 6.80. The third kappa shape index (κ3) is 2.65. The molecule has 2 fully saturated rings. The van der Waals surface area contributed by atoms with Gasteiger partial charge in [-0.05, 0) is 50.3 Å². The van der Waals surface area contributed by atoms with E-state index in [1.165, 1.54) is 4.90 Å². The lowest BCUT2D eigenvalue weighted by Crippen LogP contribution is -2.36. The molecule has 28 heavy (non-hydrogen) atoms. The van der Waals surface area contributed by atoms with Gasteiger partial charge in [0.2, 0.25) is 0 Å². The number of hydrogen-bond donors (Lipinski definition) is 1. The van der Waals surface area contributed by atoms with Gasteiger partial charge < -0.3 is 19.0 Å². The lowest BCUT2D eigenvalue weighted by atomic mass is 9.97.